The Labute approximate surface area is 206 Å². The van der Waals surface area contributed by atoms with Crippen LogP contribution in [-0.2, 0) is 14.3 Å². The molecule has 2 aliphatic carbocycles. The molecule has 2 aromatic carbocycles. The number of hydrogen-bond donors (Lipinski definition) is 3. The number of carboxylic acid groups (broad SMARTS) is 1. The third-order valence-electron chi connectivity index (χ3n) is 6.90. The molecule has 1 saturated carbocycles. The van der Waals surface area contributed by atoms with Crippen molar-refractivity contribution in [2.75, 3.05) is 6.61 Å². The number of carbonyl (C=O) groups excluding carboxylic acids is 2. The number of carboxylic acids is 1. The summed E-state index contributed by atoms with van der Waals surface area (Å²) in [6.45, 7) is 2.25. The highest BCUT2D eigenvalue weighted by atomic mass is 16.5. The molecule has 186 valence electrons. The lowest BCUT2D eigenvalue weighted by Gasteiger charge is -2.21. The molecule has 0 heterocycles. The van der Waals surface area contributed by atoms with E-state index in [4.69, 9.17) is 4.74 Å². The van der Waals surface area contributed by atoms with Crippen molar-refractivity contribution in [3.63, 3.8) is 0 Å². The summed E-state index contributed by atoms with van der Waals surface area (Å²) in [5.41, 5.74) is 4.60. The Morgan fingerprint density at radius 1 is 1.00 bits per heavy atom. The molecule has 3 N–H and O–H groups in total. The van der Waals surface area contributed by atoms with Crippen LogP contribution < -0.4 is 10.6 Å². The summed E-state index contributed by atoms with van der Waals surface area (Å²) in [7, 11) is 0. The SMILES string of the molecule is CCCC[C@H](CC(=O)N[C@@H](CC1CC1)C(=O)O)NC(=O)OCC1c2ccccc2-c2ccccc21. The highest BCUT2D eigenvalue weighted by Crippen LogP contribution is 2.44. The summed E-state index contributed by atoms with van der Waals surface area (Å²) in [4.78, 5) is 36.8. The largest absolute Gasteiger partial charge is 0.480 e. The van der Waals surface area contributed by atoms with Crippen LogP contribution in [0.1, 0.15) is 68.9 Å². The fourth-order valence-electron chi connectivity index (χ4n) is 4.87. The van der Waals surface area contributed by atoms with Gasteiger partial charge in [-0.05, 0) is 41.0 Å². The first kappa shape index (κ1) is 24.8. The third kappa shape index (κ3) is 6.41. The first-order chi connectivity index (χ1) is 17.0. The molecular formula is C28H34N2O5. The minimum atomic E-state index is -1.01. The molecule has 1 fully saturated rings. The molecule has 4 rings (SSSR count). The maximum atomic E-state index is 12.7. The van der Waals surface area contributed by atoms with Crippen molar-refractivity contribution >= 4 is 18.0 Å². The van der Waals surface area contributed by atoms with Gasteiger partial charge in [0.15, 0.2) is 0 Å². The lowest BCUT2D eigenvalue weighted by Crippen LogP contribution is -2.45. The van der Waals surface area contributed by atoms with Crippen molar-refractivity contribution in [1.29, 1.82) is 0 Å². The van der Waals surface area contributed by atoms with E-state index >= 15 is 0 Å². The van der Waals surface area contributed by atoms with Gasteiger partial charge in [-0.2, -0.15) is 0 Å². The van der Waals surface area contributed by atoms with Gasteiger partial charge < -0.3 is 20.5 Å². The minimum absolute atomic E-state index is 0.0264. The molecular weight excluding hydrogens is 444 g/mol. The Bertz CT molecular complexity index is 1020. The van der Waals surface area contributed by atoms with E-state index in [-0.39, 0.29) is 24.9 Å². The van der Waals surface area contributed by atoms with Crippen LogP contribution >= 0.6 is 0 Å². The van der Waals surface area contributed by atoms with Crippen molar-refractivity contribution in [1.82, 2.24) is 10.6 Å². The number of alkyl carbamates (subject to hydrolysis) is 1. The Kier molecular flexibility index (Phi) is 8.06. The molecule has 2 amide bonds. The average Bonchev–Trinajstić information content (AvgIpc) is 3.61. The van der Waals surface area contributed by atoms with Crippen LogP contribution in [0.3, 0.4) is 0 Å². The maximum Gasteiger partial charge on any atom is 0.407 e. The summed E-state index contributed by atoms with van der Waals surface area (Å²) in [6.07, 6.45) is 4.34. The van der Waals surface area contributed by atoms with E-state index < -0.39 is 24.1 Å². The highest BCUT2D eigenvalue weighted by molar-refractivity contribution is 5.84. The molecule has 2 aliphatic rings. The number of amides is 2. The number of unbranched alkanes of at least 4 members (excludes halogenated alkanes) is 1. The Hall–Kier alpha value is -3.35. The van der Waals surface area contributed by atoms with Gasteiger partial charge in [0.1, 0.15) is 12.6 Å². The zero-order valence-corrected chi connectivity index (χ0v) is 20.2. The van der Waals surface area contributed by atoms with Gasteiger partial charge in [0, 0.05) is 18.4 Å². The number of benzene rings is 2. The van der Waals surface area contributed by atoms with Gasteiger partial charge in [-0.3, -0.25) is 4.79 Å². The van der Waals surface area contributed by atoms with E-state index in [1.165, 1.54) is 0 Å². The van der Waals surface area contributed by atoms with Crippen molar-refractivity contribution in [3.8, 4) is 11.1 Å². The number of ether oxygens (including phenoxy) is 1. The standard InChI is InChI=1S/C28H34N2O5/c1-2-3-8-19(16-26(31)30-25(27(32)33)15-18-13-14-18)29-28(34)35-17-24-22-11-6-4-9-20(22)21-10-5-7-12-23(21)24/h4-7,9-12,18-19,24-25H,2-3,8,13-17H2,1H3,(H,29,34)(H,30,31)(H,32,33)/t19-,25+/m1/s1. The summed E-state index contributed by atoms with van der Waals surface area (Å²) in [5, 5.41) is 14.9. The van der Waals surface area contributed by atoms with Gasteiger partial charge in [0.25, 0.3) is 0 Å². The number of fused-ring (bicyclic) bond motifs is 3. The van der Waals surface area contributed by atoms with Crippen LogP contribution in [0.2, 0.25) is 0 Å². The molecule has 7 nitrogen and oxygen atoms in total. The fourth-order valence-corrected chi connectivity index (χ4v) is 4.87. The summed E-state index contributed by atoms with van der Waals surface area (Å²) >= 11 is 0. The molecule has 2 atom stereocenters. The van der Waals surface area contributed by atoms with E-state index in [0.717, 1.165) is 47.9 Å². The van der Waals surface area contributed by atoms with Crippen molar-refractivity contribution in [3.05, 3.63) is 59.7 Å². The molecule has 0 bridgehead atoms. The van der Waals surface area contributed by atoms with E-state index in [1.54, 1.807) is 0 Å². The second kappa shape index (κ2) is 11.4. The zero-order chi connectivity index (χ0) is 24.8. The second-order valence-electron chi connectivity index (χ2n) is 9.65. The van der Waals surface area contributed by atoms with Crippen LogP contribution in [0.25, 0.3) is 11.1 Å². The minimum Gasteiger partial charge on any atom is -0.480 e. The van der Waals surface area contributed by atoms with Crippen LogP contribution in [0.5, 0.6) is 0 Å². The molecule has 0 spiro atoms. The summed E-state index contributed by atoms with van der Waals surface area (Å²) in [5.74, 6) is -1.03. The number of rotatable bonds is 12. The molecule has 0 radical (unpaired) electrons. The van der Waals surface area contributed by atoms with Gasteiger partial charge in [-0.15, -0.1) is 0 Å². The van der Waals surface area contributed by atoms with Crippen LogP contribution in [-0.4, -0.2) is 41.8 Å². The lowest BCUT2D eigenvalue weighted by atomic mass is 9.98. The van der Waals surface area contributed by atoms with Gasteiger partial charge in [0.2, 0.25) is 5.91 Å². The summed E-state index contributed by atoms with van der Waals surface area (Å²) < 4.78 is 5.64. The number of hydrogen-bond acceptors (Lipinski definition) is 4. The first-order valence-electron chi connectivity index (χ1n) is 12.6. The van der Waals surface area contributed by atoms with E-state index in [9.17, 15) is 19.5 Å². The fraction of sp³-hybridized carbons (Fsp3) is 0.464. The molecule has 0 unspecified atom stereocenters. The highest BCUT2D eigenvalue weighted by Gasteiger charge is 2.31. The van der Waals surface area contributed by atoms with Crippen LogP contribution in [0.15, 0.2) is 48.5 Å². The van der Waals surface area contributed by atoms with Crippen LogP contribution in [0, 0.1) is 5.92 Å². The van der Waals surface area contributed by atoms with Gasteiger partial charge in [0.05, 0.1) is 0 Å². The lowest BCUT2D eigenvalue weighted by molar-refractivity contribution is -0.142. The normalized spacial score (nSPS) is 16.0. The Balaban J connectivity index is 1.34. The molecule has 2 aromatic rings. The Morgan fingerprint density at radius 3 is 2.20 bits per heavy atom. The molecule has 0 aliphatic heterocycles. The zero-order valence-electron chi connectivity index (χ0n) is 20.2. The van der Waals surface area contributed by atoms with Crippen LogP contribution in [0.4, 0.5) is 4.79 Å². The Morgan fingerprint density at radius 2 is 1.63 bits per heavy atom. The predicted octanol–water partition coefficient (Wildman–Crippen LogP) is 4.84. The monoisotopic (exact) mass is 478 g/mol. The second-order valence-corrected chi connectivity index (χ2v) is 9.65. The first-order valence-corrected chi connectivity index (χ1v) is 12.6. The third-order valence-corrected chi connectivity index (χ3v) is 6.90. The number of nitrogens with one attached hydrogen (secondary N) is 2. The predicted molar refractivity (Wildman–Crippen MR) is 133 cm³/mol. The summed E-state index contributed by atoms with van der Waals surface area (Å²) in [6, 6.07) is 15.0. The van der Waals surface area contributed by atoms with Gasteiger partial charge in [-0.25, -0.2) is 9.59 Å². The quantitative estimate of drug-likeness (QED) is 0.405. The maximum absolute atomic E-state index is 12.7. The topological polar surface area (TPSA) is 105 Å². The smallest absolute Gasteiger partial charge is 0.407 e. The van der Waals surface area contributed by atoms with Crippen molar-refractivity contribution < 1.29 is 24.2 Å². The van der Waals surface area contributed by atoms with E-state index in [2.05, 4.69) is 34.9 Å². The van der Waals surface area contributed by atoms with Crippen molar-refractivity contribution in [2.45, 2.75) is 69.9 Å². The van der Waals surface area contributed by atoms with Gasteiger partial charge in [-0.1, -0.05) is 81.1 Å². The molecule has 7 heteroatoms. The number of carbonyl (C=O) groups is 3. The van der Waals surface area contributed by atoms with Gasteiger partial charge >= 0.3 is 12.1 Å². The average molecular weight is 479 g/mol. The molecule has 0 saturated heterocycles. The number of aliphatic carboxylic acids is 1. The molecule has 0 aromatic heterocycles. The van der Waals surface area contributed by atoms with E-state index in [0.29, 0.717) is 18.8 Å². The van der Waals surface area contributed by atoms with Crippen molar-refractivity contribution in [2.24, 2.45) is 5.92 Å². The van der Waals surface area contributed by atoms with E-state index in [1.807, 2.05) is 31.2 Å². The molecule has 35 heavy (non-hydrogen) atoms.